The number of esters is 1. The van der Waals surface area contributed by atoms with Crippen molar-refractivity contribution in [2.75, 3.05) is 13.7 Å². The molecule has 0 aromatic carbocycles. The first-order chi connectivity index (χ1) is 9.48. The summed E-state index contributed by atoms with van der Waals surface area (Å²) in [5.74, 6) is -0.406. The third kappa shape index (κ3) is 3.79. The summed E-state index contributed by atoms with van der Waals surface area (Å²) in [6.07, 6.45) is 6.30. The number of hydrogen-bond acceptors (Lipinski definition) is 4. The van der Waals surface area contributed by atoms with Gasteiger partial charge in [0.05, 0.1) is 19.3 Å². The quantitative estimate of drug-likeness (QED) is 0.425. The van der Waals surface area contributed by atoms with Crippen LogP contribution >= 0.6 is 0 Å². The first-order valence-electron chi connectivity index (χ1n) is 7.15. The third-order valence-electron chi connectivity index (χ3n) is 3.70. The molecule has 1 aliphatic rings. The van der Waals surface area contributed by atoms with Crippen LogP contribution in [0.2, 0.25) is 0 Å². The Morgan fingerprint density at radius 2 is 2.20 bits per heavy atom. The van der Waals surface area contributed by atoms with Crippen LogP contribution in [0.25, 0.3) is 0 Å². The molecule has 1 heterocycles. The second-order valence-electron chi connectivity index (χ2n) is 5.17. The molecule has 0 fully saturated rings. The van der Waals surface area contributed by atoms with Gasteiger partial charge in [0.15, 0.2) is 0 Å². The van der Waals surface area contributed by atoms with Crippen LogP contribution in [0.15, 0.2) is 27.9 Å². The Morgan fingerprint density at radius 3 is 2.75 bits per heavy atom. The normalized spacial score (nSPS) is 23.8. The third-order valence-corrected chi connectivity index (χ3v) is 3.70. The van der Waals surface area contributed by atoms with Crippen molar-refractivity contribution in [1.29, 1.82) is 0 Å². The molecule has 1 rings (SSSR count). The highest BCUT2D eigenvalue weighted by atomic mass is 16.5. The van der Waals surface area contributed by atoms with E-state index in [2.05, 4.69) is 25.8 Å². The Hall–Kier alpha value is -1.42. The number of rotatable bonds is 6. The van der Waals surface area contributed by atoms with E-state index < -0.39 is 5.97 Å². The van der Waals surface area contributed by atoms with Crippen LogP contribution in [0.4, 0.5) is 0 Å². The minimum absolute atomic E-state index is 0.198. The molecule has 1 atom stereocenters. The van der Waals surface area contributed by atoms with E-state index in [-0.39, 0.29) is 5.60 Å². The van der Waals surface area contributed by atoms with Gasteiger partial charge in [-0.2, -0.15) is 0 Å². The fourth-order valence-electron chi connectivity index (χ4n) is 2.30. The lowest BCUT2D eigenvalue weighted by Gasteiger charge is -2.24. The molecule has 0 N–H and O–H groups in total. The molecule has 4 nitrogen and oxygen atoms in total. The summed E-state index contributed by atoms with van der Waals surface area (Å²) in [4.78, 5) is 15.8. The van der Waals surface area contributed by atoms with Gasteiger partial charge < -0.3 is 9.47 Å². The molecule has 0 bridgehead atoms. The number of hydrogen-bond donors (Lipinski definition) is 0. The maximum absolute atomic E-state index is 11.6. The first kappa shape index (κ1) is 16.6. The highest BCUT2D eigenvalue weighted by molar-refractivity contribution is 5.92. The number of aliphatic imine (C=N–C) groups is 1. The summed E-state index contributed by atoms with van der Waals surface area (Å²) in [7, 11) is 1.36. The summed E-state index contributed by atoms with van der Waals surface area (Å²) < 4.78 is 10.6. The molecule has 0 aromatic rings. The van der Waals surface area contributed by atoms with Crippen molar-refractivity contribution < 1.29 is 14.3 Å². The maximum atomic E-state index is 11.6. The monoisotopic (exact) mass is 279 g/mol. The molecule has 4 heteroatoms. The van der Waals surface area contributed by atoms with Crippen molar-refractivity contribution in [2.45, 2.75) is 52.6 Å². The Kier molecular flexibility index (Phi) is 6.14. The molecule has 0 spiro atoms. The lowest BCUT2D eigenvalue weighted by Crippen LogP contribution is -2.25. The topological polar surface area (TPSA) is 47.9 Å². The zero-order valence-corrected chi connectivity index (χ0v) is 13.2. The second-order valence-corrected chi connectivity index (χ2v) is 5.17. The van der Waals surface area contributed by atoms with Gasteiger partial charge in [0.2, 0.25) is 0 Å². The molecule has 112 valence electrons. The van der Waals surface area contributed by atoms with Crippen molar-refractivity contribution in [2.24, 2.45) is 4.99 Å². The van der Waals surface area contributed by atoms with Gasteiger partial charge in [-0.1, -0.05) is 26.3 Å². The predicted molar refractivity (Wildman–Crippen MR) is 80.8 cm³/mol. The molecule has 0 amide bonds. The summed E-state index contributed by atoms with van der Waals surface area (Å²) in [5.41, 5.74) is 2.39. The maximum Gasteiger partial charge on any atom is 0.356 e. The molecule has 1 aliphatic heterocycles. The minimum Gasteiger partial charge on any atom is -0.464 e. The average Bonchev–Trinajstić information content (AvgIpc) is 2.71. The van der Waals surface area contributed by atoms with Crippen molar-refractivity contribution in [1.82, 2.24) is 0 Å². The second kappa shape index (κ2) is 7.39. The highest BCUT2D eigenvalue weighted by Gasteiger charge is 2.33. The zero-order valence-electron chi connectivity index (χ0n) is 13.2. The van der Waals surface area contributed by atoms with Crippen molar-refractivity contribution in [3.05, 3.63) is 22.9 Å². The van der Waals surface area contributed by atoms with Gasteiger partial charge in [-0.15, -0.1) is 0 Å². The van der Waals surface area contributed by atoms with Crippen molar-refractivity contribution >= 4 is 12.2 Å². The Balaban J connectivity index is 2.92. The predicted octanol–water partition coefficient (Wildman–Crippen LogP) is 3.43. The molecule has 0 radical (unpaired) electrons. The summed E-state index contributed by atoms with van der Waals surface area (Å²) in [6, 6.07) is 0. The van der Waals surface area contributed by atoms with Gasteiger partial charge in [-0.25, -0.2) is 9.79 Å². The summed E-state index contributed by atoms with van der Waals surface area (Å²) in [5, 5.41) is 0. The number of carbonyl (C=O) groups is 1. The lowest BCUT2D eigenvalue weighted by atomic mass is 9.91. The number of methoxy groups -OCH3 is 1. The molecule has 0 aliphatic carbocycles. The summed E-state index contributed by atoms with van der Waals surface area (Å²) >= 11 is 0. The van der Waals surface area contributed by atoms with Crippen molar-refractivity contribution in [3.63, 3.8) is 0 Å². The molecular weight excluding hydrogens is 254 g/mol. The Morgan fingerprint density at radius 1 is 1.50 bits per heavy atom. The minimum atomic E-state index is -0.406. The van der Waals surface area contributed by atoms with Gasteiger partial charge in [0.25, 0.3) is 0 Å². The molecule has 0 saturated carbocycles. The molecule has 0 saturated heterocycles. The van der Waals surface area contributed by atoms with Gasteiger partial charge in [-0.05, 0) is 37.8 Å². The van der Waals surface area contributed by atoms with E-state index >= 15 is 0 Å². The Labute approximate surface area is 121 Å². The van der Waals surface area contributed by atoms with E-state index in [1.54, 1.807) is 12.3 Å². The van der Waals surface area contributed by atoms with E-state index in [1.165, 1.54) is 12.7 Å². The van der Waals surface area contributed by atoms with E-state index in [0.29, 0.717) is 12.3 Å². The zero-order chi connectivity index (χ0) is 15.2. The molecular formula is C16H25NO3. The van der Waals surface area contributed by atoms with Crippen molar-refractivity contribution in [3.8, 4) is 0 Å². The van der Waals surface area contributed by atoms with E-state index in [1.807, 2.05) is 6.92 Å². The van der Waals surface area contributed by atoms with E-state index in [9.17, 15) is 4.79 Å². The van der Waals surface area contributed by atoms with E-state index in [0.717, 1.165) is 24.8 Å². The average molecular weight is 279 g/mol. The fourth-order valence-corrected chi connectivity index (χ4v) is 2.30. The van der Waals surface area contributed by atoms with Gasteiger partial charge in [0, 0.05) is 6.21 Å². The van der Waals surface area contributed by atoms with Crippen LogP contribution < -0.4 is 0 Å². The van der Waals surface area contributed by atoms with E-state index in [4.69, 9.17) is 9.47 Å². The molecule has 0 aromatic heterocycles. The highest BCUT2D eigenvalue weighted by Crippen LogP contribution is 2.34. The number of ether oxygens (including phenoxy) is 2. The number of nitrogens with zero attached hydrogens (tertiary/aromatic N) is 1. The number of allylic oxidation sites excluding steroid dienone is 1. The number of carbonyl (C=O) groups excluding carboxylic acids is 1. The van der Waals surface area contributed by atoms with Gasteiger partial charge in [-0.3, -0.25) is 0 Å². The van der Waals surface area contributed by atoms with Crippen LogP contribution in [-0.2, 0) is 14.3 Å². The standard InChI is InChI=1S/C16H25NO3/c1-6-8-14(15(18)19-5)17-10-13-11-20-16(4,9-7-2)12(13)3/h8,10H,6-7,9,11H2,1-5H3/b14-8+,17-10?. The SMILES string of the molecule is CC/C=C(/N=CC1=C(C)C(C)(CCC)OC1)C(=O)OC. The van der Waals surface area contributed by atoms with Gasteiger partial charge in [0.1, 0.15) is 5.70 Å². The molecule has 20 heavy (non-hydrogen) atoms. The van der Waals surface area contributed by atoms with Gasteiger partial charge >= 0.3 is 5.97 Å². The first-order valence-corrected chi connectivity index (χ1v) is 7.15. The smallest absolute Gasteiger partial charge is 0.356 e. The summed E-state index contributed by atoms with van der Waals surface area (Å²) in [6.45, 7) is 8.83. The van der Waals surface area contributed by atoms with Crippen LogP contribution in [0, 0.1) is 0 Å². The lowest BCUT2D eigenvalue weighted by molar-refractivity contribution is -0.136. The van der Waals surface area contributed by atoms with Crippen LogP contribution in [0.1, 0.15) is 47.0 Å². The fraction of sp³-hybridized carbons (Fsp3) is 0.625. The van der Waals surface area contributed by atoms with Crippen LogP contribution in [0.5, 0.6) is 0 Å². The molecule has 1 unspecified atom stereocenters. The largest absolute Gasteiger partial charge is 0.464 e. The Bertz CT molecular complexity index is 449. The van der Waals surface area contributed by atoms with Crippen LogP contribution in [-0.4, -0.2) is 31.5 Å². The van der Waals surface area contributed by atoms with Crippen LogP contribution in [0.3, 0.4) is 0 Å².